The van der Waals surface area contributed by atoms with Crippen LogP contribution in [0.5, 0.6) is 5.75 Å². The van der Waals surface area contributed by atoms with Crippen LogP contribution in [0.2, 0.25) is 0 Å². The molecule has 5 rings (SSSR count). The second kappa shape index (κ2) is 6.80. The number of nitrogens with zero attached hydrogens (tertiary/aromatic N) is 1. The third-order valence-corrected chi connectivity index (χ3v) is 5.63. The van der Waals surface area contributed by atoms with Crippen LogP contribution in [0.1, 0.15) is 35.1 Å². The Bertz CT molecular complexity index is 1120. The molecular weight excluding hydrogens is 362 g/mol. The zero-order valence-corrected chi connectivity index (χ0v) is 15.7. The van der Waals surface area contributed by atoms with Crippen molar-refractivity contribution in [3.8, 4) is 11.8 Å². The summed E-state index contributed by atoms with van der Waals surface area (Å²) in [7, 11) is 0. The van der Waals surface area contributed by atoms with Crippen LogP contribution >= 0.6 is 0 Å². The van der Waals surface area contributed by atoms with Gasteiger partial charge in [0.1, 0.15) is 11.5 Å². The molecule has 0 radical (unpaired) electrons. The Kier molecular flexibility index (Phi) is 4.12. The van der Waals surface area contributed by atoms with Crippen LogP contribution in [0, 0.1) is 11.3 Å². The molecule has 4 heteroatoms. The number of aliphatic hydroxyl groups is 1. The van der Waals surface area contributed by atoms with Gasteiger partial charge in [-0.15, -0.1) is 0 Å². The van der Waals surface area contributed by atoms with Crippen LogP contribution in [0.15, 0.2) is 90.5 Å². The van der Waals surface area contributed by atoms with Crippen LogP contribution in [-0.2, 0) is 4.74 Å². The third kappa shape index (κ3) is 2.79. The average molecular weight is 381 g/mol. The van der Waals surface area contributed by atoms with E-state index >= 15 is 0 Å². The SMILES string of the molecule is N#CC1=C(c2ccccc2)O[C@]2(C[C@H]1c1ccccc1)Oc1ccccc1[C@@H]2O. The van der Waals surface area contributed by atoms with E-state index in [0.29, 0.717) is 29.1 Å². The fourth-order valence-corrected chi connectivity index (χ4v) is 4.22. The molecule has 142 valence electrons. The van der Waals surface area contributed by atoms with E-state index in [1.54, 1.807) is 0 Å². The molecule has 0 bridgehead atoms. The largest absolute Gasteiger partial charge is 0.449 e. The second-order valence-electron chi connectivity index (χ2n) is 7.34. The maximum Gasteiger partial charge on any atom is 0.282 e. The standard InChI is InChI=1S/C25H19NO3/c26-16-21-20(17-9-3-1-4-10-17)15-25(29-23(21)18-11-5-2-6-12-18)24(27)19-13-7-8-14-22(19)28-25/h1-14,20,24,27H,15H2/t20-,24-,25-/m0/s1. The van der Waals surface area contributed by atoms with Gasteiger partial charge in [-0.2, -0.15) is 5.26 Å². The van der Waals surface area contributed by atoms with Crippen LogP contribution in [-0.4, -0.2) is 10.9 Å². The fourth-order valence-electron chi connectivity index (χ4n) is 4.22. The van der Waals surface area contributed by atoms with Gasteiger partial charge in [-0.05, 0) is 11.6 Å². The molecule has 3 aromatic rings. The van der Waals surface area contributed by atoms with Gasteiger partial charge in [-0.1, -0.05) is 78.9 Å². The number of aliphatic hydroxyl groups excluding tert-OH is 1. The molecule has 0 unspecified atom stereocenters. The average Bonchev–Trinajstić information content (AvgIpc) is 3.05. The van der Waals surface area contributed by atoms with Crippen molar-refractivity contribution >= 4 is 5.76 Å². The van der Waals surface area contributed by atoms with Crippen molar-refractivity contribution < 1.29 is 14.6 Å². The van der Waals surface area contributed by atoms with Crippen molar-refractivity contribution in [1.82, 2.24) is 0 Å². The number of hydrogen-bond donors (Lipinski definition) is 1. The summed E-state index contributed by atoms with van der Waals surface area (Å²) < 4.78 is 12.6. The Morgan fingerprint density at radius 3 is 2.21 bits per heavy atom. The number of ether oxygens (including phenoxy) is 2. The lowest BCUT2D eigenvalue weighted by atomic mass is 9.80. The van der Waals surface area contributed by atoms with Gasteiger partial charge in [-0.25, -0.2) is 0 Å². The zero-order valence-electron chi connectivity index (χ0n) is 15.7. The molecule has 2 aliphatic rings. The van der Waals surface area contributed by atoms with E-state index in [9.17, 15) is 10.4 Å². The maximum atomic E-state index is 11.2. The van der Waals surface area contributed by atoms with E-state index in [4.69, 9.17) is 9.47 Å². The maximum absolute atomic E-state index is 11.2. The van der Waals surface area contributed by atoms with Gasteiger partial charge in [0, 0.05) is 23.5 Å². The van der Waals surface area contributed by atoms with E-state index in [1.165, 1.54) is 0 Å². The molecule has 0 amide bonds. The molecule has 0 fully saturated rings. The van der Waals surface area contributed by atoms with E-state index in [0.717, 1.165) is 11.1 Å². The predicted octanol–water partition coefficient (Wildman–Crippen LogP) is 4.95. The van der Waals surface area contributed by atoms with Crippen molar-refractivity contribution in [1.29, 1.82) is 5.26 Å². The van der Waals surface area contributed by atoms with Crippen molar-refractivity contribution in [2.75, 3.05) is 0 Å². The summed E-state index contributed by atoms with van der Waals surface area (Å²) in [5, 5.41) is 21.2. The summed E-state index contributed by atoms with van der Waals surface area (Å²) in [6, 6.07) is 29.2. The molecule has 29 heavy (non-hydrogen) atoms. The number of benzene rings is 3. The fraction of sp³-hybridized carbons (Fsp3) is 0.160. The van der Waals surface area contributed by atoms with Crippen LogP contribution < -0.4 is 4.74 Å². The van der Waals surface area contributed by atoms with Crippen molar-refractivity contribution in [2.24, 2.45) is 0 Å². The van der Waals surface area contributed by atoms with Gasteiger partial charge >= 0.3 is 0 Å². The van der Waals surface area contributed by atoms with E-state index in [1.807, 2.05) is 84.9 Å². The summed E-state index contributed by atoms with van der Waals surface area (Å²) in [4.78, 5) is 0. The summed E-state index contributed by atoms with van der Waals surface area (Å²) in [5.74, 6) is -0.468. The third-order valence-electron chi connectivity index (χ3n) is 5.63. The van der Waals surface area contributed by atoms with Gasteiger partial charge in [0.05, 0.1) is 11.6 Å². The monoisotopic (exact) mass is 381 g/mol. The Balaban J connectivity index is 1.69. The molecule has 2 heterocycles. The first-order valence-electron chi connectivity index (χ1n) is 9.61. The molecule has 3 aromatic carbocycles. The summed E-state index contributed by atoms with van der Waals surface area (Å²) in [6.07, 6.45) is -0.615. The zero-order chi connectivity index (χ0) is 19.8. The lowest BCUT2D eigenvalue weighted by Gasteiger charge is -2.40. The first kappa shape index (κ1) is 17.5. The lowest BCUT2D eigenvalue weighted by Crippen LogP contribution is -2.45. The summed E-state index contributed by atoms with van der Waals surface area (Å²) in [5.41, 5.74) is 3.02. The normalized spacial score (nSPS) is 25.1. The predicted molar refractivity (Wildman–Crippen MR) is 109 cm³/mol. The Morgan fingerprint density at radius 2 is 1.52 bits per heavy atom. The Hall–Kier alpha value is -3.55. The van der Waals surface area contributed by atoms with Gasteiger partial charge in [0.2, 0.25) is 0 Å². The molecule has 0 saturated carbocycles. The second-order valence-corrected chi connectivity index (χ2v) is 7.34. The summed E-state index contributed by atoms with van der Waals surface area (Å²) >= 11 is 0. The number of para-hydroxylation sites is 1. The Labute approximate surface area is 169 Å². The van der Waals surface area contributed by atoms with Crippen LogP contribution in [0.3, 0.4) is 0 Å². The minimum Gasteiger partial charge on any atom is -0.449 e. The molecule has 0 aliphatic carbocycles. The quantitative estimate of drug-likeness (QED) is 0.682. The van der Waals surface area contributed by atoms with Gasteiger partial charge in [0.15, 0.2) is 6.10 Å². The van der Waals surface area contributed by atoms with Crippen molar-refractivity contribution in [3.63, 3.8) is 0 Å². The Morgan fingerprint density at radius 1 is 0.862 bits per heavy atom. The van der Waals surface area contributed by atoms with Crippen LogP contribution in [0.4, 0.5) is 0 Å². The number of fused-ring (bicyclic) bond motifs is 1. The van der Waals surface area contributed by atoms with E-state index < -0.39 is 11.9 Å². The number of nitriles is 1. The number of allylic oxidation sites excluding steroid dienone is 1. The van der Waals surface area contributed by atoms with Crippen LogP contribution in [0.25, 0.3) is 5.76 Å². The minimum absolute atomic E-state index is 0.255. The molecular formula is C25H19NO3. The van der Waals surface area contributed by atoms with Crippen molar-refractivity contribution in [3.05, 3.63) is 107 Å². The minimum atomic E-state index is -1.28. The van der Waals surface area contributed by atoms with Gasteiger partial charge in [-0.3, -0.25) is 0 Å². The molecule has 4 nitrogen and oxygen atoms in total. The van der Waals surface area contributed by atoms with E-state index in [2.05, 4.69) is 6.07 Å². The molecule has 0 saturated heterocycles. The smallest absolute Gasteiger partial charge is 0.282 e. The number of hydrogen-bond acceptors (Lipinski definition) is 4. The molecule has 2 aliphatic heterocycles. The number of rotatable bonds is 2. The van der Waals surface area contributed by atoms with Crippen molar-refractivity contribution in [2.45, 2.75) is 24.2 Å². The first-order valence-corrected chi connectivity index (χ1v) is 9.61. The van der Waals surface area contributed by atoms with E-state index in [-0.39, 0.29) is 5.92 Å². The highest BCUT2D eigenvalue weighted by Gasteiger charge is 2.55. The molecule has 1 N–H and O–H groups in total. The molecule has 3 atom stereocenters. The highest BCUT2D eigenvalue weighted by atomic mass is 16.7. The molecule has 0 aromatic heterocycles. The lowest BCUT2D eigenvalue weighted by molar-refractivity contribution is -0.197. The highest BCUT2D eigenvalue weighted by molar-refractivity contribution is 5.70. The van der Waals surface area contributed by atoms with Gasteiger partial charge in [0.25, 0.3) is 5.79 Å². The molecule has 1 spiro atoms. The van der Waals surface area contributed by atoms with Gasteiger partial charge < -0.3 is 14.6 Å². The topological polar surface area (TPSA) is 62.5 Å². The summed E-state index contributed by atoms with van der Waals surface area (Å²) in [6.45, 7) is 0. The highest BCUT2D eigenvalue weighted by Crippen LogP contribution is 2.54. The first-order chi connectivity index (χ1) is 14.2.